The number of hydrogen-bond donors (Lipinski definition) is 1. The number of nitrogens with zero attached hydrogens (tertiary/aromatic N) is 2. The zero-order valence-electron chi connectivity index (χ0n) is 12.6. The maximum absolute atomic E-state index is 11.7. The summed E-state index contributed by atoms with van der Waals surface area (Å²) >= 11 is 0. The minimum Gasteiger partial charge on any atom is -0.330 e. The highest BCUT2D eigenvalue weighted by Gasteiger charge is 2.23. The first kappa shape index (κ1) is 13.6. The molecule has 1 atom stereocenters. The first-order valence-electron chi connectivity index (χ1n) is 7.17. The van der Waals surface area contributed by atoms with Gasteiger partial charge in [0, 0.05) is 29.7 Å². The minimum atomic E-state index is 0.0271. The topological polar surface area (TPSA) is 46.9 Å². The number of hydrogen-bond acceptors (Lipinski definition) is 2. The van der Waals surface area contributed by atoms with Gasteiger partial charge in [-0.25, -0.2) is 4.98 Å². The SMILES string of the molecule is CC1=C(c2ccc(-n3ccnc3C)cc2)CC(C)C(=O)N1. The second kappa shape index (κ2) is 5.20. The Hall–Kier alpha value is -2.36. The Bertz CT molecular complexity index is 710. The molecular weight excluding hydrogens is 262 g/mol. The molecular formula is C17H19N3O. The number of benzene rings is 1. The zero-order chi connectivity index (χ0) is 15.0. The lowest BCUT2D eigenvalue weighted by molar-refractivity contribution is -0.123. The molecule has 4 heteroatoms. The summed E-state index contributed by atoms with van der Waals surface area (Å²) in [5, 5.41) is 2.95. The third-order valence-electron chi connectivity index (χ3n) is 4.04. The van der Waals surface area contributed by atoms with Crippen LogP contribution in [0.5, 0.6) is 0 Å². The van der Waals surface area contributed by atoms with E-state index in [0.717, 1.165) is 23.6 Å². The van der Waals surface area contributed by atoms with Gasteiger partial charge in [0.25, 0.3) is 0 Å². The van der Waals surface area contributed by atoms with Crippen LogP contribution in [0.3, 0.4) is 0 Å². The predicted octanol–water partition coefficient (Wildman–Crippen LogP) is 3.07. The normalized spacial score (nSPS) is 18.8. The van der Waals surface area contributed by atoms with E-state index in [1.807, 2.05) is 27.0 Å². The molecule has 21 heavy (non-hydrogen) atoms. The van der Waals surface area contributed by atoms with Gasteiger partial charge >= 0.3 is 0 Å². The molecule has 0 bridgehead atoms. The van der Waals surface area contributed by atoms with E-state index >= 15 is 0 Å². The molecule has 0 saturated heterocycles. The second-order valence-corrected chi connectivity index (χ2v) is 5.59. The molecule has 0 fully saturated rings. The average Bonchev–Trinajstić information content (AvgIpc) is 2.89. The standard InChI is InChI=1S/C17H19N3O/c1-11-10-16(12(2)19-17(11)21)14-4-6-15(7-5-14)20-9-8-18-13(20)3/h4-9,11H,10H2,1-3H3,(H,19,21). The van der Waals surface area contributed by atoms with Crippen LogP contribution in [0.15, 0.2) is 42.4 Å². The fourth-order valence-corrected chi connectivity index (χ4v) is 2.74. The summed E-state index contributed by atoms with van der Waals surface area (Å²) in [5.41, 5.74) is 4.45. The summed E-state index contributed by atoms with van der Waals surface area (Å²) in [5.74, 6) is 1.11. The van der Waals surface area contributed by atoms with Crippen molar-refractivity contribution in [2.75, 3.05) is 0 Å². The molecule has 0 radical (unpaired) electrons. The van der Waals surface area contributed by atoms with Gasteiger partial charge in [-0.3, -0.25) is 4.79 Å². The Kier molecular flexibility index (Phi) is 3.37. The number of rotatable bonds is 2. The summed E-state index contributed by atoms with van der Waals surface area (Å²) in [6.45, 7) is 5.91. The van der Waals surface area contributed by atoms with Crippen molar-refractivity contribution in [3.05, 3.63) is 53.7 Å². The Labute approximate surface area is 124 Å². The van der Waals surface area contributed by atoms with E-state index in [0.29, 0.717) is 0 Å². The van der Waals surface area contributed by atoms with Crippen LogP contribution >= 0.6 is 0 Å². The monoisotopic (exact) mass is 281 g/mol. The number of nitrogens with one attached hydrogen (secondary N) is 1. The molecule has 1 aliphatic rings. The molecule has 4 nitrogen and oxygen atoms in total. The van der Waals surface area contributed by atoms with E-state index in [-0.39, 0.29) is 11.8 Å². The lowest BCUT2D eigenvalue weighted by atomic mass is 9.90. The van der Waals surface area contributed by atoms with Gasteiger partial charge < -0.3 is 9.88 Å². The van der Waals surface area contributed by atoms with Crippen LogP contribution < -0.4 is 5.32 Å². The van der Waals surface area contributed by atoms with E-state index in [9.17, 15) is 4.79 Å². The van der Waals surface area contributed by atoms with Crippen LogP contribution in [0.25, 0.3) is 11.3 Å². The third-order valence-corrected chi connectivity index (χ3v) is 4.04. The van der Waals surface area contributed by atoms with Crippen molar-refractivity contribution >= 4 is 11.5 Å². The molecule has 108 valence electrons. The van der Waals surface area contributed by atoms with Gasteiger partial charge in [0.1, 0.15) is 5.82 Å². The van der Waals surface area contributed by atoms with Gasteiger partial charge in [0.2, 0.25) is 5.91 Å². The summed E-state index contributed by atoms with van der Waals surface area (Å²) < 4.78 is 2.05. The largest absolute Gasteiger partial charge is 0.330 e. The van der Waals surface area contributed by atoms with E-state index in [1.165, 1.54) is 11.1 Å². The maximum atomic E-state index is 11.7. The number of carbonyl (C=O) groups is 1. The van der Waals surface area contributed by atoms with Crippen LogP contribution in [0, 0.1) is 12.8 Å². The van der Waals surface area contributed by atoms with E-state index in [2.05, 4.69) is 39.1 Å². The van der Waals surface area contributed by atoms with Crippen LogP contribution in [-0.4, -0.2) is 15.5 Å². The van der Waals surface area contributed by atoms with Gasteiger partial charge in [-0.1, -0.05) is 19.1 Å². The van der Waals surface area contributed by atoms with E-state index < -0.39 is 0 Å². The lowest BCUT2D eigenvalue weighted by Gasteiger charge is -2.24. The number of aryl methyl sites for hydroxylation is 1. The molecule has 1 unspecified atom stereocenters. The van der Waals surface area contributed by atoms with Crippen LogP contribution in [-0.2, 0) is 4.79 Å². The smallest absolute Gasteiger partial charge is 0.227 e. The Morgan fingerprint density at radius 3 is 2.57 bits per heavy atom. The lowest BCUT2D eigenvalue weighted by Crippen LogP contribution is -2.32. The summed E-state index contributed by atoms with van der Waals surface area (Å²) in [6, 6.07) is 8.40. The molecule has 1 aliphatic heterocycles. The van der Waals surface area contributed by atoms with Crippen molar-refractivity contribution in [1.29, 1.82) is 0 Å². The Morgan fingerprint density at radius 2 is 1.95 bits per heavy atom. The Balaban J connectivity index is 1.93. The molecule has 1 N–H and O–H groups in total. The highest BCUT2D eigenvalue weighted by Crippen LogP contribution is 2.29. The molecule has 1 amide bonds. The van der Waals surface area contributed by atoms with Crippen molar-refractivity contribution in [3.63, 3.8) is 0 Å². The zero-order valence-corrected chi connectivity index (χ0v) is 12.6. The number of imidazole rings is 1. The van der Waals surface area contributed by atoms with Gasteiger partial charge in [-0.2, -0.15) is 0 Å². The molecule has 1 aromatic heterocycles. The summed E-state index contributed by atoms with van der Waals surface area (Å²) in [7, 11) is 0. The molecule has 0 spiro atoms. The Morgan fingerprint density at radius 1 is 1.24 bits per heavy atom. The van der Waals surface area contributed by atoms with Crippen LogP contribution in [0.1, 0.15) is 31.7 Å². The number of amides is 1. The van der Waals surface area contributed by atoms with Crippen molar-refractivity contribution in [2.45, 2.75) is 27.2 Å². The summed E-state index contributed by atoms with van der Waals surface area (Å²) in [4.78, 5) is 15.9. The van der Waals surface area contributed by atoms with E-state index in [4.69, 9.17) is 0 Å². The van der Waals surface area contributed by atoms with Gasteiger partial charge in [-0.05, 0) is 43.5 Å². The number of allylic oxidation sites excluding steroid dienone is 2. The predicted molar refractivity (Wildman–Crippen MR) is 82.8 cm³/mol. The minimum absolute atomic E-state index is 0.0271. The van der Waals surface area contributed by atoms with Crippen LogP contribution in [0.2, 0.25) is 0 Å². The summed E-state index contributed by atoms with van der Waals surface area (Å²) in [6.07, 6.45) is 4.55. The molecule has 0 saturated carbocycles. The third kappa shape index (κ3) is 2.49. The molecule has 1 aromatic carbocycles. The molecule has 2 heterocycles. The fourth-order valence-electron chi connectivity index (χ4n) is 2.74. The highest BCUT2D eigenvalue weighted by atomic mass is 16.1. The van der Waals surface area contributed by atoms with Crippen molar-refractivity contribution in [2.24, 2.45) is 5.92 Å². The first-order chi connectivity index (χ1) is 10.1. The van der Waals surface area contributed by atoms with Gasteiger partial charge in [0.15, 0.2) is 0 Å². The molecule has 2 aromatic rings. The first-order valence-corrected chi connectivity index (χ1v) is 7.17. The number of aromatic nitrogens is 2. The fraction of sp³-hybridized carbons (Fsp3) is 0.294. The molecule has 0 aliphatic carbocycles. The quantitative estimate of drug-likeness (QED) is 0.919. The maximum Gasteiger partial charge on any atom is 0.227 e. The van der Waals surface area contributed by atoms with Crippen LogP contribution in [0.4, 0.5) is 0 Å². The average molecular weight is 281 g/mol. The molecule has 3 rings (SSSR count). The van der Waals surface area contributed by atoms with Crippen molar-refractivity contribution in [3.8, 4) is 5.69 Å². The van der Waals surface area contributed by atoms with Crippen molar-refractivity contribution < 1.29 is 4.79 Å². The van der Waals surface area contributed by atoms with E-state index in [1.54, 1.807) is 6.20 Å². The second-order valence-electron chi connectivity index (χ2n) is 5.59. The number of carbonyl (C=O) groups excluding carboxylic acids is 1. The van der Waals surface area contributed by atoms with Gasteiger partial charge in [0.05, 0.1) is 0 Å². The van der Waals surface area contributed by atoms with Gasteiger partial charge in [-0.15, -0.1) is 0 Å². The highest BCUT2D eigenvalue weighted by molar-refractivity contribution is 5.88. The van der Waals surface area contributed by atoms with Crippen molar-refractivity contribution in [1.82, 2.24) is 14.9 Å².